The van der Waals surface area contributed by atoms with Crippen molar-refractivity contribution < 1.29 is 9.53 Å². The maximum absolute atomic E-state index is 12.2. The molecule has 1 N–H and O–H groups in total. The SMILES string of the molecule is CCN1CCN(C(=O)CCNc2ccccc2OC)CC1. The van der Waals surface area contributed by atoms with E-state index in [1.54, 1.807) is 7.11 Å². The van der Waals surface area contributed by atoms with E-state index in [2.05, 4.69) is 17.1 Å². The van der Waals surface area contributed by atoms with Crippen molar-refractivity contribution in [3.63, 3.8) is 0 Å². The number of amides is 1. The van der Waals surface area contributed by atoms with Gasteiger partial charge in [0.15, 0.2) is 0 Å². The number of anilines is 1. The molecular weight excluding hydrogens is 266 g/mol. The molecule has 1 saturated heterocycles. The molecule has 116 valence electrons. The van der Waals surface area contributed by atoms with E-state index in [0.29, 0.717) is 13.0 Å². The Balaban J connectivity index is 1.74. The molecule has 0 bridgehead atoms. The number of carbonyl (C=O) groups is 1. The van der Waals surface area contributed by atoms with Crippen molar-refractivity contribution >= 4 is 11.6 Å². The van der Waals surface area contributed by atoms with Gasteiger partial charge in [-0.15, -0.1) is 0 Å². The number of carbonyl (C=O) groups excluding carboxylic acids is 1. The molecular formula is C16H25N3O2. The van der Waals surface area contributed by atoms with E-state index in [-0.39, 0.29) is 5.91 Å². The summed E-state index contributed by atoms with van der Waals surface area (Å²) in [5.74, 6) is 1.04. The number of benzene rings is 1. The molecule has 1 aromatic carbocycles. The second-order valence-electron chi connectivity index (χ2n) is 5.19. The average molecular weight is 291 g/mol. The van der Waals surface area contributed by atoms with Crippen molar-refractivity contribution in [1.29, 1.82) is 0 Å². The van der Waals surface area contributed by atoms with E-state index in [1.807, 2.05) is 29.2 Å². The van der Waals surface area contributed by atoms with Gasteiger partial charge in [-0.3, -0.25) is 4.79 Å². The molecule has 1 fully saturated rings. The van der Waals surface area contributed by atoms with Gasteiger partial charge >= 0.3 is 0 Å². The molecule has 1 aromatic rings. The molecule has 0 aromatic heterocycles. The average Bonchev–Trinajstić information content (AvgIpc) is 2.55. The molecule has 0 radical (unpaired) electrons. The molecule has 5 heteroatoms. The molecule has 21 heavy (non-hydrogen) atoms. The van der Waals surface area contributed by atoms with Crippen LogP contribution in [0.25, 0.3) is 0 Å². The Morgan fingerprint density at radius 1 is 1.24 bits per heavy atom. The molecule has 5 nitrogen and oxygen atoms in total. The largest absolute Gasteiger partial charge is 0.495 e. The van der Waals surface area contributed by atoms with Crippen LogP contribution >= 0.6 is 0 Å². The third-order valence-electron chi connectivity index (χ3n) is 3.93. The lowest BCUT2D eigenvalue weighted by atomic mass is 10.2. The van der Waals surface area contributed by atoms with E-state index in [4.69, 9.17) is 4.74 Å². The fourth-order valence-electron chi connectivity index (χ4n) is 2.57. The zero-order valence-electron chi connectivity index (χ0n) is 13.0. The van der Waals surface area contributed by atoms with Gasteiger partial charge in [-0.1, -0.05) is 19.1 Å². The topological polar surface area (TPSA) is 44.8 Å². The van der Waals surface area contributed by atoms with Crippen LogP contribution in [0.5, 0.6) is 5.75 Å². The summed E-state index contributed by atoms with van der Waals surface area (Å²) in [6.07, 6.45) is 0.518. The van der Waals surface area contributed by atoms with Gasteiger partial charge in [0.2, 0.25) is 5.91 Å². The summed E-state index contributed by atoms with van der Waals surface area (Å²) in [6.45, 7) is 7.53. The van der Waals surface area contributed by atoms with Crippen molar-refractivity contribution in [1.82, 2.24) is 9.80 Å². The van der Waals surface area contributed by atoms with Crippen molar-refractivity contribution in [2.75, 3.05) is 51.7 Å². The van der Waals surface area contributed by atoms with Crippen LogP contribution < -0.4 is 10.1 Å². The first-order valence-corrected chi connectivity index (χ1v) is 7.61. The van der Waals surface area contributed by atoms with Gasteiger partial charge in [-0.05, 0) is 18.7 Å². The van der Waals surface area contributed by atoms with E-state index >= 15 is 0 Å². The summed E-state index contributed by atoms with van der Waals surface area (Å²) in [4.78, 5) is 16.5. The summed E-state index contributed by atoms with van der Waals surface area (Å²) in [7, 11) is 1.65. The van der Waals surface area contributed by atoms with E-state index < -0.39 is 0 Å². The summed E-state index contributed by atoms with van der Waals surface area (Å²) >= 11 is 0. The third kappa shape index (κ3) is 4.36. The van der Waals surface area contributed by atoms with Crippen molar-refractivity contribution in [2.45, 2.75) is 13.3 Å². The van der Waals surface area contributed by atoms with Crippen LogP contribution in [0.1, 0.15) is 13.3 Å². The minimum absolute atomic E-state index is 0.230. The van der Waals surface area contributed by atoms with Gasteiger partial charge in [0.1, 0.15) is 5.75 Å². The van der Waals surface area contributed by atoms with Crippen LogP contribution in [0, 0.1) is 0 Å². The number of hydrogen-bond donors (Lipinski definition) is 1. The van der Waals surface area contributed by atoms with Gasteiger partial charge in [-0.25, -0.2) is 0 Å². The van der Waals surface area contributed by atoms with Crippen LogP contribution in [0.3, 0.4) is 0 Å². The van der Waals surface area contributed by atoms with E-state index in [0.717, 1.165) is 44.2 Å². The Labute approximate surface area is 126 Å². The van der Waals surface area contributed by atoms with Crippen molar-refractivity contribution in [2.24, 2.45) is 0 Å². The molecule has 0 spiro atoms. The van der Waals surface area contributed by atoms with Crippen LogP contribution in [-0.2, 0) is 4.79 Å². The lowest BCUT2D eigenvalue weighted by molar-refractivity contribution is -0.132. The highest BCUT2D eigenvalue weighted by Crippen LogP contribution is 2.22. The second-order valence-corrected chi connectivity index (χ2v) is 5.19. The number of para-hydroxylation sites is 2. The Kier molecular flexibility index (Phi) is 5.87. The number of methoxy groups -OCH3 is 1. The first kappa shape index (κ1) is 15.6. The van der Waals surface area contributed by atoms with Gasteiger partial charge in [0.25, 0.3) is 0 Å². The maximum Gasteiger partial charge on any atom is 0.224 e. The van der Waals surface area contributed by atoms with Crippen molar-refractivity contribution in [3.05, 3.63) is 24.3 Å². The maximum atomic E-state index is 12.2. The third-order valence-corrected chi connectivity index (χ3v) is 3.93. The number of likely N-dealkylation sites (N-methyl/N-ethyl adjacent to an activating group) is 1. The molecule has 1 aliphatic rings. The van der Waals surface area contributed by atoms with Crippen LogP contribution in [0.2, 0.25) is 0 Å². The predicted octanol–water partition coefficient (Wildman–Crippen LogP) is 1.66. The lowest BCUT2D eigenvalue weighted by Gasteiger charge is -2.34. The number of rotatable bonds is 6. The molecule has 0 unspecified atom stereocenters. The van der Waals surface area contributed by atoms with Crippen LogP contribution in [0.15, 0.2) is 24.3 Å². The number of ether oxygens (including phenoxy) is 1. The smallest absolute Gasteiger partial charge is 0.224 e. The Morgan fingerprint density at radius 3 is 2.62 bits per heavy atom. The number of nitrogens with one attached hydrogen (secondary N) is 1. The highest BCUT2D eigenvalue weighted by atomic mass is 16.5. The predicted molar refractivity (Wildman–Crippen MR) is 84.8 cm³/mol. The monoisotopic (exact) mass is 291 g/mol. The summed E-state index contributed by atoms with van der Waals surface area (Å²) in [6, 6.07) is 7.76. The van der Waals surface area contributed by atoms with E-state index in [1.165, 1.54) is 0 Å². The Bertz CT molecular complexity index is 457. The molecule has 2 rings (SSSR count). The van der Waals surface area contributed by atoms with Gasteiger partial charge in [0, 0.05) is 39.1 Å². The normalized spacial score (nSPS) is 15.8. The first-order chi connectivity index (χ1) is 10.2. The highest BCUT2D eigenvalue weighted by molar-refractivity contribution is 5.77. The fourth-order valence-corrected chi connectivity index (χ4v) is 2.57. The Morgan fingerprint density at radius 2 is 1.95 bits per heavy atom. The van der Waals surface area contributed by atoms with Gasteiger partial charge < -0.3 is 19.9 Å². The molecule has 1 amide bonds. The lowest BCUT2D eigenvalue weighted by Crippen LogP contribution is -2.48. The zero-order chi connectivity index (χ0) is 15.1. The Hall–Kier alpha value is -1.75. The number of piperazine rings is 1. The quantitative estimate of drug-likeness (QED) is 0.866. The summed E-state index contributed by atoms with van der Waals surface area (Å²) in [5.41, 5.74) is 0.934. The summed E-state index contributed by atoms with van der Waals surface area (Å²) in [5, 5.41) is 3.27. The molecule has 0 atom stereocenters. The minimum Gasteiger partial charge on any atom is -0.495 e. The van der Waals surface area contributed by atoms with Crippen LogP contribution in [-0.4, -0.2) is 62.1 Å². The van der Waals surface area contributed by atoms with Crippen molar-refractivity contribution in [3.8, 4) is 5.75 Å². The van der Waals surface area contributed by atoms with Gasteiger partial charge in [-0.2, -0.15) is 0 Å². The fraction of sp³-hybridized carbons (Fsp3) is 0.562. The summed E-state index contributed by atoms with van der Waals surface area (Å²) < 4.78 is 5.28. The number of hydrogen-bond acceptors (Lipinski definition) is 4. The molecule has 0 saturated carbocycles. The minimum atomic E-state index is 0.230. The number of nitrogens with zero attached hydrogens (tertiary/aromatic N) is 2. The van der Waals surface area contributed by atoms with Crippen LogP contribution in [0.4, 0.5) is 5.69 Å². The van der Waals surface area contributed by atoms with E-state index in [9.17, 15) is 4.79 Å². The molecule has 1 aliphatic heterocycles. The second kappa shape index (κ2) is 7.88. The standard InChI is InChI=1S/C16H25N3O2/c1-3-18-10-12-19(13-11-18)16(20)8-9-17-14-6-4-5-7-15(14)21-2/h4-7,17H,3,8-13H2,1-2H3. The van der Waals surface area contributed by atoms with Gasteiger partial charge in [0.05, 0.1) is 12.8 Å². The first-order valence-electron chi connectivity index (χ1n) is 7.61. The zero-order valence-corrected chi connectivity index (χ0v) is 13.0. The molecule has 0 aliphatic carbocycles. The highest BCUT2D eigenvalue weighted by Gasteiger charge is 2.19. The molecule has 1 heterocycles.